The molecule has 1 saturated heterocycles. The van der Waals surface area contributed by atoms with E-state index in [1.165, 1.54) is 0 Å². The highest BCUT2D eigenvalue weighted by Gasteiger charge is 2.19. The molecule has 1 atom stereocenters. The van der Waals surface area contributed by atoms with Gasteiger partial charge in [-0.2, -0.15) is 0 Å². The summed E-state index contributed by atoms with van der Waals surface area (Å²) in [6.45, 7) is 14.7. The van der Waals surface area contributed by atoms with Gasteiger partial charge in [-0.3, -0.25) is 9.69 Å². The van der Waals surface area contributed by atoms with Crippen molar-refractivity contribution < 1.29 is 9.32 Å². The van der Waals surface area contributed by atoms with Crippen molar-refractivity contribution >= 4 is 5.91 Å². The Morgan fingerprint density at radius 1 is 1.21 bits per heavy atom. The summed E-state index contributed by atoms with van der Waals surface area (Å²) in [5, 5.41) is 6.94. The lowest BCUT2D eigenvalue weighted by atomic mass is 10.0. The molecule has 0 radical (unpaired) electrons. The largest absolute Gasteiger partial charge is 0.359 e. The van der Waals surface area contributed by atoms with E-state index in [0.29, 0.717) is 11.6 Å². The standard InChI is InChI=1S/C18H32N4O2/c1-5-21-8-10-22(11-9-21)13-16-12-17(20-24-16)18(23)19-15(4)7-6-14(2)3/h12,14-15H,5-11,13H2,1-4H3,(H,19,23)/t15-/m0/s1. The summed E-state index contributed by atoms with van der Waals surface area (Å²) in [7, 11) is 0. The Bertz CT molecular complexity index is 507. The molecular formula is C18H32N4O2. The molecule has 0 saturated carbocycles. The number of nitrogens with one attached hydrogen (secondary N) is 1. The molecule has 1 amide bonds. The summed E-state index contributed by atoms with van der Waals surface area (Å²) in [6, 6.07) is 1.93. The van der Waals surface area contributed by atoms with Gasteiger partial charge < -0.3 is 14.7 Å². The molecule has 0 unspecified atom stereocenters. The molecule has 0 bridgehead atoms. The fraction of sp³-hybridized carbons (Fsp3) is 0.778. The van der Waals surface area contributed by atoms with E-state index in [0.717, 1.165) is 57.9 Å². The molecule has 6 nitrogen and oxygen atoms in total. The fourth-order valence-corrected chi connectivity index (χ4v) is 2.93. The predicted molar refractivity (Wildman–Crippen MR) is 94.9 cm³/mol. The van der Waals surface area contributed by atoms with Gasteiger partial charge >= 0.3 is 0 Å². The van der Waals surface area contributed by atoms with Crippen LogP contribution in [0.3, 0.4) is 0 Å². The van der Waals surface area contributed by atoms with Crippen molar-refractivity contribution in [2.45, 2.75) is 53.1 Å². The van der Waals surface area contributed by atoms with E-state index < -0.39 is 0 Å². The Labute approximate surface area is 145 Å². The molecule has 1 aliphatic rings. The van der Waals surface area contributed by atoms with Crippen LogP contribution in [0.15, 0.2) is 10.6 Å². The first-order valence-corrected chi connectivity index (χ1v) is 9.19. The van der Waals surface area contributed by atoms with Crippen molar-refractivity contribution in [2.75, 3.05) is 32.7 Å². The van der Waals surface area contributed by atoms with Crippen LogP contribution >= 0.6 is 0 Å². The molecule has 136 valence electrons. The van der Waals surface area contributed by atoms with Crippen LogP contribution in [0.5, 0.6) is 0 Å². The van der Waals surface area contributed by atoms with Crippen LogP contribution in [0.25, 0.3) is 0 Å². The van der Waals surface area contributed by atoms with Gasteiger partial charge in [0.1, 0.15) is 0 Å². The van der Waals surface area contributed by atoms with Gasteiger partial charge in [-0.1, -0.05) is 25.9 Å². The summed E-state index contributed by atoms with van der Waals surface area (Å²) in [5.41, 5.74) is 0.383. The molecule has 1 aromatic rings. The average molecular weight is 336 g/mol. The van der Waals surface area contributed by atoms with Crippen LogP contribution < -0.4 is 5.32 Å². The second-order valence-electron chi connectivity index (χ2n) is 7.23. The minimum Gasteiger partial charge on any atom is -0.359 e. The van der Waals surface area contributed by atoms with E-state index in [4.69, 9.17) is 4.52 Å². The molecule has 2 heterocycles. The molecular weight excluding hydrogens is 304 g/mol. The third-order valence-corrected chi connectivity index (χ3v) is 4.64. The molecule has 1 fully saturated rings. The van der Waals surface area contributed by atoms with Crippen molar-refractivity contribution in [1.29, 1.82) is 0 Å². The normalized spacial score (nSPS) is 18.0. The van der Waals surface area contributed by atoms with Crippen molar-refractivity contribution in [2.24, 2.45) is 5.92 Å². The van der Waals surface area contributed by atoms with E-state index in [9.17, 15) is 4.79 Å². The zero-order valence-electron chi connectivity index (χ0n) is 15.5. The van der Waals surface area contributed by atoms with Crippen LogP contribution in [-0.4, -0.2) is 59.6 Å². The van der Waals surface area contributed by atoms with E-state index in [-0.39, 0.29) is 11.9 Å². The Morgan fingerprint density at radius 3 is 2.50 bits per heavy atom. The molecule has 24 heavy (non-hydrogen) atoms. The maximum absolute atomic E-state index is 12.2. The van der Waals surface area contributed by atoms with Crippen LogP contribution in [-0.2, 0) is 6.54 Å². The molecule has 0 spiro atoms. The van der Waals surface area contributed by atoms with Gasteiger partial charge in [0.15, 0.2) is 11.5 Å². The van der Waals surface area contributed by atoms with Gasteiger partial charge in [0.05, 0.1) is 6.54 Å². The van der Waals surface area contributed by atoms with Crippen molar-refractivity contribution in [3.63, 3.8) is 0 Å². The zero-order chi connectivity index (χ0) is 17.5. The van der Waals surface area contributed by atoms with E-state index >= 15 is 0 Å². The highest BCUT2D eigenvalue weighted by atomic mass is 16.5. The number of carbonyl (C=O) groups is 1. The Morgan fingerprint density at radius 2 is 1.88 bits per heavy atom. The quantitative estimate of drug-likeness (QED) is 0.790. The van der Waals surface area contributed by atoms with Crippen LogP contribution in [0.2, 0.25) is 0 Å². The topological polar surface area (TPSA) is 61.6 Å². The predicted octanol–water partition coefficient (Wildman–Crippen LogP) is 2.37. The summed E-state index contributed by atoms with van der Waals surface area (Å²) < 4.78 is 5.36. The van der Waals surface area contributed by atoms with Gasteiger partial charge in [-0.05, 0) is 32.2 Å². The van der Waals surface area contributed by atoms with E-state index in [1.54, 1.807) is 6.07 Å². The SMILES string of the molecule is CCN1CCN(Cc2cc(C(=O)N[C@@H](C)CCC(C)C)no2)CC1. The molecule has 1 aliphatic heterocycles. The van der Waals surface area contributed by atoms with Gasteiger partial charge in [-0.25, -0.2) is 0 Å². The highest BCUT2D eigenvalue weighted by Crippen LogP contribution is 2.11. The summed E-state index contributed by atoms with van der Waals surface area (Å²) in [6.07, 6.45) is 2.09. The third kappa shape index (κ3) is 5.91. The number of rotatable bonds is 8. The fourth-order valence-electron chi connectivity index (χ4n) is 2.93. The highest BCUT2D eigenvalue weighted by molar-refractivity contribution is 5.92. The summed E-state index contributed by atoms with van der Waals surface area (Å²) >= 11 is 0. The first-order valence-electron chi connectivity index (χ1n) is 9.19. The monoisotopic (exact) mass is 336 g/mol. The average Bonchev–Trinajstić information content (AvgIpc) is 3.02. The van der Waals surface area contributed by atoms with E-state index in [1.807, 2.05) is 6.92 Å². The maximum Gasteiger partial charge on any atom is 0.273 e. The van der Waals surface area contributed by atoms with Gasteiger partial charge in [0.2, 0.25) is 0 Å². The number of hydrogen-bond acceptors (Lipinski definition) is 5. The van der Waals surface area contributed by atoms with Gasteiger partial charge in [0, 0.05) is 38.3 Å². The number of hydrogen-bond donors (Lipinski definition) is 1. The van der Waals surface area contributed by atoms with Gasteiger partial charge in [0.25, 0.3) is 5.91 Å². The third-order valence-electron chi connectivity index (χ3n) is 4.64. The minimum atomic E-state index is -0.142. The number of nitrogens with zero attached hydrogens (tertiary/aromatic N) is 3. The molecule has 1 N–H and O–H groups in total. The lowest BCUT2D eigenvalue weighted by molar-refractivity contribution is 0.0927. The van der Waals surface area contributed by atoms with Crippen molar-refractivity contribution in [3.05, 3.63) is 17.5 Å². The number of carbonyl (C=O) groups excluding carboxylic acids is 1. The van der Waals surface area contributed by atoms with Gasteiger partial charge in [-0.15, -0.1) is 0 Å². The van der Waals surface area contributed by atoms with Crippen LogP contribution in [0.1, 0.15) is 56.8 Å². The smallest absolute Gasteiger partial charge is 0.273 e. The second-order valence-corrected chi connectivity index (χ2v) is 7.23. The summed E-state index contributed by atoms with van der Waals surface area (Å²) in [4.78, 5) is 17.0. The molecule has 0 aromatic carbocycles. The second kappa shape index (κ2) is 9.18. The van der Waals surface area contributed by atoms with Crippen molar-refractivity contribution in [3.8, 4) is 0 Å². The first kappa shape index (κ1) is 18.9. The van der Waals surface area contributed by atoms with Crippen LogP contribution in [0, 0.1) is 5.92 Å². The number of likely N-dealkylation sites (N-methyl/N-ethyl adjacent to an activating group) is 1. The lowest BCUT2D eigenvalue weighted by Crippen LogP contribution is -2.45. The Hall–Kier alpha value is -1.40. The molecule has 1 aromatic heterocycles. The first-order chi connectivity index (χ1) is 11.5. The molecule has 0 aliphatic carbocycles. The molecule has 2 rings (SSSR count). The van der Waals surface area contributed by atoms with Crippen LogP contribution in [0.4, 0.5) is 0 Å². The van der Waals surface area contributed by atoms with E-state index in [2.05, 4.69) is 41.0 Å². The number of amides is 1. The minimum absolute atomic E-state index is 0.142. The zero-order valence-corrected chi connectivity index (χ0v) is 15.5. The molecule has 6 heteroatoms. The number of aromatic nitrogens is 1. The summed E-state index contributed by atoms with van der Waals surface area (Å²) in [5.74, 6) is 1.27. The Kier molecular flexibility index (Phi) is 7.24. The lowest BCUT2D eigenvalue weighted by Gasteiger charge is -2.33. The maximum atomic E-state index is 12.2. The van der Waals surface area contributed by atoms with Crippen molar-refractivity contribution in [1.82, 2.24) is 20.3 Å². The number of piperazine rings is 1. The Balaban J connectivity index is 1.78.